The molecule has 1 atom stereocenters. The lowest BCUT2D eigenvalue weighted by atomic mass is 10.1. The van der Waals surface area contributed by atoms with Crippen molar-refractivity contribution in [3.63, 3.8) is 0 Å². The van der Waals surface area contributed by atoms with Gasteiger partial charge in [0.1, 0.15) is 12.3 Å². The minimum Gasteiger partial charge on any atom is -0.480 e. The van der Waals surface area contributed by atoms with Crippen molar-refractivity contribution in [1.29, 1.82) is 0 Å². The zero-order chi connectivity index (χ0) is 14.6. The van der Waals surface area contributed by atoms with Crippen LogP contribution in [0.2, 0.25) is 0 Å². The molecule has 0 saturated carbocycles. The van der Waals surface area contributed by atoms with Crippen LogP contribution in [0.1, 0.15) is 25.4 Å². The van der Waals surface area contributed by atoms with E-state index in [0.717, 1.165) is 0 Å². The molecule has 0 bridgehead atoms. The fourth-order valence-electron chi connectivity index (χ4n) is 1.55. The monoisotopic (exact) mass is 269 g/mol. The molecule has 0 aliphatic rings. The number of amides is 2. The summed E-state index contributed by atoms with van der Waals surface area (Å²) >= 11 is 0. The maximum Gasteiger partial charge on any atom is 0.326 e. The number of carboxylic acid groups (broad SMARTS) is 1. The molecular formula is C12H19N3O4. The number of urea groups is 1. The summed E-state index contributed by atoms with van der Waals surface area (Å²) < 4.78 is 5.04. The zero-order valence-electron chi connectivity index (χ0n) is 11.5. The zero-order valence-corrected chi connectivity index (χ0v) is 11.5. The van der Waals surface area contributed by atoms with Gasteiger partial charge >= 0.3 is 12.0 Å². The van der Waals surface area contributed by atoms with Crippen LogP contribution in [0.4, 0.5) is 4.79 Å². The summed E-state index contributed by atoms with van der Waals surface area (Å²) in [5.74, 6) is -0.715. The third-order valence-electron chi connectivity index (χ3n) is 2.62. The molecule has 0 saturated heterocycles. The van der Waals surface area contributed by atoms with Gasteiger partial charge in [0, 0.05) is 14.0 Å². The van der Waals surface area contributed by atoms with E-state index in [0.29, 0.717) is 11.6 Å². The highest BCUT2D eigenvalue weighted by Gasteiger charge is 2.25. The Morgan fingerprint density at radius 3 is 2.58 bits per heavy atom. The third-order valence-corrected chi connectivity index (χ3v) is 2.62. The van der Waals surface area contributed by atoms with Gasteiger partial charge in [0.2, 0.25) is 0 Å². The van der Waals surface area contributed by atoms with E-state index in [4.69, 9.17) is 9.52 Å². The smallest absolute Gasteiger partial charge is 0.326 e. The van der Waals surface area contributed by atoms with Crippen molar-refractivity contribution in [2.24, 2.45) is 5.92 Å². The van der Waals surface area contributed by atoms with Gasteiger partial charge in [-0.2, -0.15) is 0 Å². The maximum absolute atomic E-state index is 11.9. The van der Waals surface area contributed by atoms with Gasteiger partial charge in [0.15, 0.2) is 5.89 Å². The van der Waals surface area contributed by atoms with Gasteiger partial charge < -0.3 is 19.7 Å². The first-order valence-electron chi connectivity index (χ1n) is 5.96. The molecule has 0 unspecified atom stereocenters. The van der Waals surface area contributed by atoms with Crippen molar-refractivity contribution in [3.05, 3.63) is 17.8 Å². The number of carbonyl (C=O) groups is 2. The number of rotatable bonds is 5. The van der Waals surface area contributed by atoms with Crippen molar-refractivity contribution < 1.29 is 19.1 Å². The van der Waals surface area contributed by atoms with E-state index in [9.17, 15) is 9.59 Å². The number of aliphatic carboxylic acids is 1. The molecule has 0 spiro atoms. The molecule has 19 heavy (non-hydrogen) atoms. The molecule has 1 aromatic heterocycles. The van der Waals surface area contributed by atoms with Gasteiger partial charge in [-0.1, -0.05) is 13.8 Å². The van der Waals surface area contributed by atoms with E-state index in [1.54, 1.807) is 27.8 Å². The minimum atomic E-state index is -1.05. The SMILES string of the molecule is Cc1nc(CN(C)C(=O)N[C@H](C(=O)O)C(C)C)co1. The van der Waals surface area contributed by atoms with Gasteiger partial charge in [0.25, 0.3) is 0 Å². The van der Waals surface area contributed by atoms with Gasteiger partial charge in [0.05, 0.1) is 12.2 Å². The first-order valence-corrected chi connectivity index (χ1v) is 5.96. The Hall–Kier alpha value is -2.05. The van der Waals surface area contributed by atoms with Gasteiger partial charge in [-0.25, -0.2) is 14.6 Å². The summed E-state index contributed by atoms with van der Waals surface area (Å²) in [4.78, 5) is 28.3. The molecular weight excluding hydrogens is 250 g/mol. The minimum absolute atomic E-state index is 0.191. The Balaban J connectivity index is 2.59. The third kappa shape index (κ3) is 4.27. The van der Waals surface area contributed by atoms with Gasteiger partial charge in [-0.3, -0.25) is 0 Å². The van der Waals surface area contributed by atoms with Crippen LogP contribution >= 0.6 is 0 Å². The van der Waals surface area contributed by atoms with Crippen LogP contribution < -0.4 is 5.32 Å². The quantitative estimate of drug-likeness (QED) is 0.838. The summed E-state index contributed by atoms with van der Waals surface area (Å²) in [6.07, 6.45) is 1.47. The van der Waals surface area contributed by atoms with Crippen molar-refractivity contribution >= 4 is 12.0 Å². The molecule has 2 N–H and O–H groups in total. The van der Waals surface area contributed by atoms with Crippen LogP contribution in [-0.2, 0) is 11.3 Å². The number of nitrogens with one attached hydrogen (secondary N) is 1. The van der Waals surface area contributed by atoms with Crippen LogP contribution in [0, 0.1) is 12.8 Å². The molecule has 7 heteroatoms. The highest BCUT2D eigenvalue weighted by molar-refractivity contribution is 5.82. The van der Waals surface area contributed by atoms with Gasteiger partial charge in [-0.05, 0) is 5.92 Å². The molecule has 2 amide bonds. The number of aromatic nitrogens is 1. The summed E-state index contributed by atoms with van der Waals surface area (Å²) in [7, 11) is 1.57. The van der Waals surface area contributed by atoms with E-state index in [1.807, 2.05) is 0 Å². The molecule has 1 heterocycles. The number of carboxylic acids is 1. The van der Waals surface area contributed by atoms with Crippen LogP contribution in [-0.4, -0.2) is 40.1 Å². The van der Waals surface area contributed by atoms with Crippen molar-refractivity contribution in [1.82, 2.24) is 15.2 Å². The second-order valence-corrected chi connectivity index (χ2v) is 4.72. The molecule has 0 aliphatic carbocycles. The fraction of sp³-hybridized carbons (Fsp3) is 0.583. The molecule has 0 aliphatic heterocycles. The first kappa shape index (κ1) is 15.0. The number of hydrogen-bond acceptors (Lipinski definition) is 4. The lowest BCUT2D eigenvalue weighted by molar-refractivity contribution is -0.140. The van der Waals surface area contributed by atoms with Crippen molar-refractivity contribution in [3.8, 4) is 0 Å². The number of hydrogen-bond donors (Lipinski definition) is 2. The van der Waals surface area contributed by atoms with Crippen molar-refractivity contribution in [2.45, 2.75) is 33.4 Å². The molecule has 7 nitrogen and oxygen atoms in total. The fourth-order valence-corrected chi connectivity index (χ4v) is 1.55. The second-order valence-electron chi connectivity index (χ2n) is 4.72. The Morgan fingerprint density at radius 1 is 1.53 bits per heavy atom. The van der Waals surface area contributed by atoms with Gasteiger partial charge in [-0.15, -0.1) is 0 Å². The van der Waals surface area contributed by atoms with Crippen LogP contribution in [0.25, 0.3) is 0 Å². The number of oxazole rings is 1. The molecule has 106 valence electrons. The summed E-state index contributed by atoms with van der Waals surface area (Å²) in [5, 5.41) is 11.5. The number of nitrogens with zero attached hydrogens (tertiary/aromatic N) is 2. The predicted molar refractivity (Wildman–Crippen MR) is 67.5 cm³/mol. The van der Waals surface area contributed by atoms with E-state index in [-0.39, 0.29) is 12.5 Å². The lowest BCUT2D eigenvalue weighted by Crippen LogP contribution is -2.48. The Labute approximate surface area is 111 Å². The van der Waals surface area contributed by atoms with E-state index >= 15 is 0 Å². The van der Waals surface area contributed by atoms with Crippen molar-refractivity contribution in [2.75, 3.05) is 7.05 Å². The highest BCUT2D eigenvalue weighted by atomic mass is 16.4. The largest absolute Gasteiger partial charge is 0.480 e. The lowest BCUT2D eigenvalue weighted by Gasteiger charge is -2.22. The summed E-state index contributed by atoms with van der Waals surface area (Å²) in [6, 6.07) is -1.37. The normalized spacial score (nSPS) is 12.3. The molecule has 1 rings (SSSR count). The molecule has 0 radical (unpaired) electrons. The van der Waals surface area contributed by atoms with Crippen LogP contribution in [0.15, 0.2) is 10.7 Å². The predicted octanol–water partition coefficient (Wildman–Crippen LogP) is 1.23. The summed E-state index contributed by atoms with van der Waals surface area (Å²) in [5.41, 5.74) is 0.617. The average molecular weight is 269 g/mol. The standard InChI is InChI=1S/C12H19N3O4/c1-7(2)10(11(16)17)14-12(18)15(4)5-9-6-19-8(3)13-9/h6-7,10H,5H2,1-4H3,(H,14,18)(H,16,17)/t10-/m0/s1. The first-order chi connectivity index (χ1) is 8.81. The van der Waals surface area contributed by atoms with Crippen LogP contribution in [0.3, 0.4) is 0 Å². The van der Waals surface area contributed by atoms with E-state index < -0.39 is 18.0 Å². The van der Waals surface area contributed by atoms with E-state index in [2.05, 4.69) is 10.3 Å². The maximum atomic E-state index is 11.9. The molecule has 0 fully saturated rings. The number of carbonyl (C=O) groups excluding carboxylic acids is 1. The second kappa shape index (κ2) is 6.21. The number of aryl methyl sites for hydroxylation is 1. The topological polar surface area (TPSA) is 95.7 Å². The molecule has 0 aromatic carbocycles. The van der Waals surface area contributed by atoms with Crippen LogP contribution in [0.5, 0.6) is 0 Å². The highest BCUT2D eigenvalue weighted by Crippen LogP contribution is 2.06. The Bertz CT molecular complexity index is 456. The van der Waals surface area contributed by atoms with E-state index in [1.165, 1.54) is 11.2 Å². The Morgan fingerprint density at radius 2 is 2.16 bits per heavy atom. The Kier molecular flexibility index (Phi) is 4.91. The average Bonchev–Trinajstić information content (AvgIpc) is 2.70. The molecule has 1 aromatic rings. The summed E-state index contributed by atoms with van der Waals surface area (Å²) in [6.45, 7) is 5.44.